The van der Waals surface area contributed by atoms with E-state index in [1.807, 2.05) is 57.2 Å². The smallest absolute Gasteiger partial charge is 0.263 e. The van der Waals surface area contributed by atoms with Gasteiger partial charge in [-0.3, -0.25) is 4.79 Å². The van der Waals surface area contributed by atoms with Gasteiger partial charge in [0.1, 0.15) is 11.6 Å². The monoisotopic (exact) mass is 326 g/mol. The summed E-state index contributed by atoms with van der Waals surface area (Å²) in [6.07, 6.45) is 1.39. The Hall–Kier alpha value is -2.65. The third-order valence-electron chi connectivity index (χ3n) is 3.38. The molecular weight excluding hydrogens is 308 g/mol. The normalized spacial score (nSPS) is 12.3. The number of aryl methyl sites for hydroxylation is 2. The predicted molar refractivity (Wildman–Crippen MR) is 91.9 cm³/mol. The standard InChI is InChI=1S/C17H18N4OS/c1-11-13(3)23-17(21-11)19-10-15(9-18)16(22)20-12(2)14-7-5-4-6-8-14/h4-8,10,12H,1-3H3,(H,19,21)(H,20,22)/b15-10-. The minimum atomic E-state index is -0.415. The highest BCUT2D eigenvalue weighted by molar-refractivity contribution is 7.15. The minimum Gasteiger partial charge on any atom is -0.345 e. The molecule has 2 rings (SSSR count). The van der Waals surface area contributed by atoms with Gasteiger partial charge in [0.15, 0.2) is 5.13 Å². The maximum absolute atomic E-state index is 12.2. The van der Waals surface area contributed by atoms with Gasteiger partial charge in [-0.05, 0) is 26.3 Å². The van der Waals surface area contributed by atoms with E-state index in [0.29, 0.717) is 5.13 Å². The van der Waals surface area contributed by atoms with E-state index < -0.39 is 5.91 Å². The van der Waals surface area contributed by atoms with E-state index in [4.69, 9.17) is 0 Å². The zero-order valence-corrected chi connectivity index (χ0v) is 14.1. The summed E-state index contributed by atoms with van der Waals surface area (Å²) in [4.78, 5) is 17.6. The quantitative estimate of drug-likeness (QED) is 0.651. The molecule has 23 heavy (non-hydrogen) atoms. The Balaban J connectivity index is 2.03. The van der Waals surface area contributed by atoms with Crippen LogP contribution in [0, 0.1) is 25.2 Å². The highest BCUT2D eigenvalue weighted by Crippen LogP contribution is 2.21. The average molecular weight is 326 g/mol. The summed E-state index contributed by atoms with van der Waals surface area (Å²) < 4.78 is 0. The molecule has 6 heteroatoms. The lowest BCUT2D eigenvalue weighted by molar-refractivity contribution is -0.117. The molecule has 0 aliphatic rings. The molecule has 0 fully saturated rings. The van der Waals surface area contributed by atoms with Crippen LogP contribution in [0.1, 0.15) is 29.1 Å². The summed E-state index contributed by atoms with van der Waals surface area (Å²) >= 11 is 1.48. The molecule has 1 heterocycles. The van der Waals surface area contributed by atoms with E-state index in [1.165, 1.54) is 17.5 Å². The van der Waals surface area contributed by atoms with Crippen LogP contribution < -0.4 is 10.6 Å². The molecule has 0 saturated heterocycles. The van der Waals surface area contributed by atoms with Crippen LogP contribution in [0.2, 0.25) is 0 Å². The van der Waals surface area contributed by atoms with Crippen molar-refractivity contribution in [2.75, 3.05) is 5.32 Å². The molecule has 1 aromatic carbocycles. The number of carbonyl (C=O) groups excluding carboxylic acids is 1. The predicted octanol–water partition coefficient (Wildman–Crippen LogP) is 3.46. The maximum atomic E-state index is 12.2. The van der Waals surface area contributed by atoms with Crippen molar-refractivity contribution in [2.24, 2.45) is 0 Å². The fourth-order valence-corrected chi connectivity index (χ4v) is 2.70. The minimum absolute atomic E-state index is 0.0123. The Bertz CT molecular complexity index is 739. The van der Waals surface area contributed by atoms with Crippen LogP contribution in [0.15, 0.2) is 42.1 Å². The maximum Gasteiger partial charge on any atom is 0.263 e. The largest absolute Gasteiger partial charge is 0.345 e. The van der Waals surface area contributed by atoms with Crippen LogP contribution in [-0.4, -0.2) is 10.9 Å². The van der Waals surface area contributed by atoms with E-state index >= 15 is 0 Å². The summed E-state index contributed by atoms with van der Waals surface area (Å²) in [5.74, 6) is -0.415. The third-order valence-corrected chi connectivity index (χ3v) is 4.38. The summed E-state index contributed by atoms with van der Waals surface area (Å²) in [7, 11) is 0. The van der Waals surface area contributed by atoms with Gasteiger partial charge >= 0.3 is 0 Å². The average Bonchev–Trinajstić information content (AvgIpc) is 2.87. The topological polar surface area (TPSA) is 77.8 Å². The second kappa shape index (κ2) is 7.56. The first-order valence-electron chi connectivity index (χ1n) is 7.18. The van der Waals surface area contributed by atoms with Crippen molar-refractivity contribution in [3.8, 4) is 6.07 Å². The second-order valence-electron chi connectivity index (χ2n) is 5.08. The lowest BCUT2D eigenvalue weighted by atomic mass is 10.1. The molecule has 0 spiro atoms. The van der Waals surface area contributed by atoms with Crippen LogP contribution in [0.3, 0.4) is 0 Å². The van der Waals surface area contributed by atoms with Gasteiger partial charge in [-0.1, -0.05) is 30.3 Å². The Labute approximate surface area is 139 Å². The van der Waals surface area contributed by atoms with Crippen molar-refractivity contribution in [3.05, 3.63) is 58.2 Å². The molecule has 0 aliphatic carbocycles. The fraction of sp³-hybridized carbons (Fsp3) is 0.235. The number of nitriles is 1. The van der Waals surface area contributed by atoms with Gasteiger partial charge in [-0.2, -0.15) is 5.26 Å². The molecule has 1 unspecified atom stereocenters. The summed E-state index contributed by atoms with van der Waals surface area (Å²) in [6, 6.07) is 11.3. The van der Waals surface area contributed by atoms with Crippen molar-refractivity contribution >= 4 is 22.4 Å². The molecule has 118 valence electrons. The van der Waals surface area contributed by atoms with Crippen LogP contribution in [0.25, 0.3) is 0 Å². The lowest BCUT2D eigenvalue weighted by Crippen LogP contribution is -2.28. The fourth-order valence-electron chi connectivity index (χ4n) is 1.92. The molecule has 2 aromatic rings. The van der Waals surface area contributed by atoms with Crippen molar-refractivity contribution in [1.29, 1.82) is 5.26 Å². The number of hydrogen-bond donors (Lipinski definition) is 2. The Morgan fingerprint density at radius 2 is 2.04 bits per heavy atom. The lowest BCUT2D eigenvalue weighted by Gasteiger charge is -2.13. The van der Waals surface area contributed by atoms with Crippen LogP contribution in [0.4, 0.5) is 5.13 Å². The molecule has 1 atom stereocenters. The zero-order chi connectivity index (χ0) is 16.8. The Morgan fingerprint density at radius 1 is 1.35 bits per heavy atom. The first-order valence-corrected chi connectivity index (χ1v) is 7.99. The van der Waals surface area contributed by atoms with Gasteiger partial charge in [0.2, 0.25) is 0 Å². The molecule has 5 nitrogen and oxygen atoms in total. The highest BCUT2D eigenvalue weighted by Gasteiger charge is 2.13. The Kier molecular flexibility index (Phi) is 5.50. The summed E-state index contributed by atoms with van der Waals surface area (Å²) in [5.41, 5.74) is 1.93. The second-order valence-corrected chi connectivity index (χ2v) is 6.28. The number of carbonyl (C=O) groups is 1. The van der Waals surface area contributed by atoms with Gasteiger partial charge in [0.25, 0.3) is 5.91 Å². The van der Waals surface area contributed by atoms with Crippen LogP contribution in [0.5, 0.6) is 0 Å². The number of amides is 1. The van der Waals surface area contributed by atoms with Crippen molar-refractivity contribution in [1.82, 2.24) is 10.3 Å². The van der Waals surface area contributed by atoms with Crippen molar-refractivity contribution < 1.29 is 4.79 Å². The molecule has 0 radical (unpaired) electrons. The van der Waals surface area contributed by atoms with Gasteiger partial charge in [0.05, 0.1) is 11.7 Å². The van der Waals surface area contributed by atoms with E-state index in [0.717, 1.165) is 16.1 Å². The van der Waals surface area contributed by atoms with Gasteiger partial charge in [-0.25, -0.2) is 4.98 Å². The SMILES string of the molecule is Cc1nc(N/C=C(/C#N)C(=O)NC(C)c2ccccc2)sc1C. The summed E-state index contributed by atoms with van der Waals surface area (Å²) in [6.45, 7) is 5.77. The number of nitrogens with zero attached hydrogens (tertiary/aromatic N) is 2. The number of thiazole rings is 1. The van der Waals surface area contributed by atoms with E-state index in [2.05, 4.69) is 15.6 Å². The zero-order valence-electron chi connectivity index (χ0n) is 13.3. The van der Waals surface area contributed by atoms with E-state index in [9.17, 15) is 10.1 Å². The third kappa shape index (κ3) is 4.41. The van der Waals surface area contributed by atoms with Crippen LogP contribution >= 0.6 is 11.3 Å². The van der Waals surface area contributed by atoms with Crippen LogP contribution in [-0.2, 0) is 4.79 Å². The molecule has 1 amide bonds. The molecule has 1 aromatic heterocycles. The number of hydrogen-bond acceptors (Lipinski definition) is 5. The van der Waals surface area contributed by atoms with E-state index in [1.54, 1.807) is 0 Å². The number of nitrogens with one attached hydrogen (secondary N) is 2. The molecular formula is C17H18N4OS. The number of rotatable bonds is 5. The van der Waals surface area contributed by atoms with Crippen molar-refractivity contribution in [3.63, 3.8) is 0 Å². The molecule has 0 bridgehead atoms. The number of benzene rings is 1. The van der Waals surface area contributed by atoms with Gasteiger partial charge < -0.3 is 10.6 Å². The molecule has 0 saturated carbocycles. The first kappa shape index (κ1) is 16.7. The summed E-state index contributed by atoms with van der Waals surface area (Å²) in [5, 5.41) is 15.6. The molecule has 2 N–H and O–H groups in total. The van der Waals surface area contributed by atoms with Crippen molar-refractivity contribution in [2.45, 2.75) is 26.8 Å². The van der Waals surface area contributed by atoms with Gasteiger partial charge in [0, 0.05) is 11.1 Å². The number of anilines is 1. The Morgan fingerprint density at radius 3 is 2.61 bits per heavy atom. The van der Waals surface area contributed by atoms with Gasteiger partial charge in [-0.15, -0.1) is 11.3 Å². The van der Waals surface area contributed by atoms with E-state index in [-0.39, 0.29) is 11.6 Å². The molecule has 0 aliphatic heterocycles. The number of aromatic nitrogens is 1. The first-order chi connectivity index (χ1) is 11.0. The highest BCUT2D eigenvalue weighted by atomic mass is 32.1.